The summed E-state index contributed by atoms with van der Waals surface area (Å²) in [5, 5.41) is 2.12. The minimum absolute atomic E-state index is 0.624. The highest BCUT2D eigenvalue weighted by Crippen LogP contribution is 2.49. The van der Waals surface area contributed by atoms with E-state index in [1.807, 2.05) is 84.9 Å². The predicted octanol–water partition coefficient (Wildman–Crippen LogP) is 9.81. The molecule has 0 unspecified atom stereocenters. The first-order valence-electron chi connectivity index (χ1n) is 13.1. The first-order valence-corrected chi connectivity index (χ1v) is 13.1. The lowest BCUT2D eigenvalue weighted by Gasteiger charge is -2.22. The second-order valence-electron chi connectivity index (χ2n) is 9.53. The number of rotatable bonds is 5. The van der Waals surface area contributed by atoms with Crippen LogP contribution in [0.4, 0.5) is 0 Å². The Morgan fingerprint density at radius 1 is 0.550 bits per heavy atom. The van der Waals surface area contributed by atoms with Crippen molar-refractivity contribution in [2.45, 2.75) is 0 Å². The standard InChI is InChI=1S/C36H24N2O2/c1-3-28-30(4-2)37-36(38-34(28)24-12-6-5-7-13-24)27-15-10-14-25(21-27)26-18-19-31-33(22-26)40-35-29-16-9-8-11-23(29)17-20-32(35)39-31/h3-22H,1-2H2. The molecular weight excluding hydrogens is 492 g/mol. The van der Waals surface area contributed by atoms with Gasteiger partial charge in [0, 0.05) is 22.1 Å². The van der Waals surface area contributed by atoms with Gasteiger partial charge < -0.3 is 9.47 Å². The maximum Gasteiger partial charge on any atom is 0.177 e. The summed E-state index contributed by atoms with van der Waals surface area (Å²) < 4.78 is 12.6. The predicted molar refractivity (Wildman–Crippen MR) is 163 cm³/mol. The van der Waals surface area contributed by atoms with Crippen molar-refractivity contribution in [1.29, 1.82) is 0 Å². The molecule has 0 bridgehead atoms. The van der Waals surface area contributed by atoms with Crippen LogP contribution in [0.3, 0.4) is 0 Å². The molecule has 1 aliphatic rings. The minimum atomic E-state index is 0.624. The maximum atomic E-state index is 6.42. The van der Waals surface area contributed by atoms with Crippen molar-refractivity contribution in [2.24, 2.45) is 0 Å². The zero-order valence-corrected chi connectivity index (χ0v) is 21.7. The summed E-state index contributed by atoms with van der Waals surface area (Å²) in [4.78, 5) is 9.81. The van der Waals surface area contributed by atoms with E-state index >= 15 is 0 Å². The largest absolute Gasteiger partial charge is 0.449 e. The Morgan fingerprint density at radius 3 is 2.15 bits per heavy atom. The summed E-state index contributed by atoms with van der Waals surface area (Å²) in [6.07, 6.45) is 3.54. The van der Waals surface area contributed by atoms with Crippen LogP contribution in [0.1, 0.15) is 11.3 Å². The zero-order chi connectivity index (χ0) is 27.1. The lowest BCUT2D eigenvalue weighted by molar-refractivity contribution is 0.363. The summed E-state index contributed by atoms with van der Waals surface area (Å²) in [5.41, 5.74) is 6.36. The smallest absolute Gasteiger partial charge is 0.177 e. The van der Waals surface area contributed by atoms with E-state index in [1.54, 1.807) is 12.2 Å². The van der Waals surface area contributed by atoms with E-state index in [1.165, 1.54) is 0 Å². The van der Waals surface area contributed by atoms with E-state index in [4.69, 9.17) is 19.4 Å². The number of hydrogen-bond acceptors (Lipinski definition) is 4. The molecule has 4 heteroatoms. The fourth-order valence-corrected chi connectivity index (χ4v) is 5.12. The van der Waals surface area contributed by atoms with Crippen molar-refractivity contribution in [3.05, 3.63) is 134 Å². The van der Waals surface area contributed by atoms with Crippen LogP contribution in [0.15, 0.2) is 122 Å². The lowest BCUT2D eigenvalue weighted by Crippen LogP contribution is -2.00. The molecule has 1 aromatic heterocycles. The molecule has 0 spiro atoms. The van der Waals surface area contributed by atoms with Crippen molar-refractivity contribution in [3.63, 3.8) is 0 Å². The van der Waals surface area contributed by atoms with Gasteiger partial charge in [0.15, 0.2) is 28.8 Å². The normalized spacial score (nSPS) is 11.6. The molecule has 0 saturated heterocycles. The first-order chi connectivity index (χ1) is 19.7. The fourth-order valence-electron chi connectivity index (χ4n) is 5.12. The van der Waals surface area contributed by atoms with E-state index in [-0.39, 0.29) is 0 Å². The van der Waals surface area contributed by atoms with Crippen LogP contribution >= 0.6 is 0 Å². The third-order valence-corrected chi connectivity index (χ3v) is 7.09. The van der Waals surface area contributed by atoms with Crippen LogP contribution in [-0.2, 0) is 0 Å². The number of aromatic nitrogens is 2. The first kappa shape index (κ1) is 23.6. The summed E-state index contributed by atoms with van der Waals surface area (Å²) in [6.45, 7) is 7.98. The highest BCUT2D eigenvalue weighted by Gasteiger charge is 2.22. The molecular formula is C36H24N2O2. The molecule has 0 amide bonds. The second-order valence-corrected chi connectivity index (χ2v) is 9.53. The van der Waals surface area contributed by atoms with Crippen LogP contribution in [0, 0.1) is 0 Å². The monoisotopic (exact) mass is 516 g/mol. The molecule has 4 nitrogen and oxygen atoms in total. The van der Waals surface area contributed by atoms with Crippen LogP contribution in [0.2, 0.25) is 0 Å². The van der Waals surface area contributed by atoms with Gasteiger partial charge in [-0.2, -0.15) is 0 Å². The average Bonchev–Trinajstić information content (AvgIpc) is 3.03. The maximum absolute atomic E-state index is 6.42. The molecule has 0 radical (unpaired) electrons. The van der Waals surface area contributed by atoms with Crippen molar-refractivity contribution in [1.82, 2.24) is 9.97 Å². The molecule has 1 aliphatic heterocycles. The van der Waals surface area contributed by atoms with E-state index in [0.717, 1.165) is 55.7 Å². The lowest BCUT2D eigenvalue weighted by atomic mass is 10.0. The van der Waals surface area contributed by atoms with Gasteiger partial charge in [0.2, 0.25) is 0 Å². The molecule has 190 valence electrons. The van der Waals surface area contributed by atoms with Gasteiger partial charge in [-0.25, -0.2) is 9.97 Å². The van der Waals surface area contributed by atoms with Gasteiger partial charge in [-0.3, -0.25) is 0 Å². The average molecular weight is 517 g/mol. The van der Waals surface area contributed by atoms with Gasteiger partial charge in [-0.15, -0.1) is 0 Å². The number of nitrogens with zero attached hydrogens (tertiary/aromatic N) is 2. The van der Waals surface area contributed by atoms with Gasteiger partial charge >= 0.3 is 0 Å². The molecule has 6 aromatic rings. The molecule has 0 aliphatic carbocycles. The fraction of sp³-hybridized carbons (Fsp3) is 0. The van der Waals surface area contributed by atoms with Gasteiger partial charge in [0.05, 0.1) is 11.4 Å². The molecule has 2 heterocycles. The summed E-state index contributed by atoms with van der Waals surface area (Å²) in [7, 11) is 0. The SMILES string of the molecule is C=Cc1nc(-c2cccc(-c3ccc4c(c3)Oc3c(ccc5ccccc35)O4)c2)nc(-c2ccccc2)c1C=C. The van der Waals surface area contributed by atoms with Crippen LogP contribution in [0.5, 0.6) is 23.0 Å². The summed E-state index contributed by atoms with van der Waals surface area (Å²) in [5.74, 6) is 3.44. The molecule has 5 aromatic carbocycles. The van der Waals surface area contributed by atoms with Crippen molar-refractivity contribution >= 4 is 22.9 Å². The second kappa shape index (κ2) is 9.68. The highest BCUT2D eigenvalue weighted by molar-refractivity contribution is 5.92. The zero-order valence-electron chi connectivity index (χ0n) is 21.7. The minimum Gasteiger partial charge on any atom is -0.449 e. The Bertz CT molecular complexity index is 1940. The Labute approximate surface area is 232 Å². The third kappa shape index (κ3) is 4.03. The topological polar surface area (TPSA) is 44.2 Å². The van der Waals surface area contributed by atoms with Gasteiger partial charge in [0.1, 0.15) is 0 Å². The molecule has 40 heavy (non-hydrogen) atoms. The van der Waals surface area contributed by atoms with Crippen LogP contribution < -0.4 is 9.47 Å². The number of benzene rings is 5. The Morgan fingerprint density at radius 2 is 1.30 bits per heavy atom. The third-order valence-electron chi connectivity index (χ3n) is 7.09. The van der Waals surface area contributed by atoms with Crippen molar-refractivity contribution in [2.75, 3.05) is 0 Å². The molecule has 0 atom stereocenters. The van der Waals surface area contributed by atoms with E-state index in [0.29, 0.717) is 23.1 Å². The van der Waals surface area contributed by atoms with E-state index < -0.39 is 0 Å². The summed E-state index contributed by atoms with van der Waals surface area (Å²) in [6, 6.07) is 36.5. The van der Waals surface area contributed by atoms with Crippen molar-refractivity contribution in [3.8, 4) is 56.8 Å². The van der Waals surface area contributed by atoms with Gasteiger partial charge in [-0.05, 0) is 46.9 Å². The number of fused-ring (bicyclic) bond motifs is 4. The Balaban J connectivity index is 1.29. The van der Waals surface area contributed by atoms with Crippen LogP contribution in [-0.4, -0.2) is 9.97 Å². The van der Waals surface area contributed by atoms with E-state index in [2.05, 4.69) is 37.4 Å². The van der Waals surface area contributed by atoms with Gasteiger partial charge in [-0.1, -0.05) is 104 Å². The Hall–Kier alpha value is -5.48. The molecule has 0 N–H and O–H groups in total. The van der Waals surface area contributed by atoms with E-state index in [9.17, 15) is 0 Å². The highest BCUT2D eigenvalue weighted by atomic mass is 16.6. The van der Waals surface area contributed by atoms with Gasteiger partial charge in [0.25, 0.3) is 0 Å². The molecule has 0 saturated carbocycles. The molecule has 0 fully saturated rings. The van der Waals surface area contributed by atoms with Crippen LogP contribution in [0.25, 0.3) is 56.7 Å². The number of ether oxygens (including phenoxy) is 2. The quantitative estimate of drug-likeness (QED) is 0.228. The number of hydrogen-bond donors (Lipinski definition) is 0. The molecule has 7 rings (SSSR count). The Kier molecular flexibility index (Phi) is 5.72. The summed E-state index contributed by atoms with van der Waals surface area (Å²) >= 11 is 0. The van der Waals surface area contributed by atoms with Crippen molar-refractivity contribution < 1.29 is 9.47 Å².